The first-order valence-corrected chi connectivity index (χ1v) is 6.23. The molecule has 0 aliphatic heterocycles. The van der Waals surface area contributed by atoms with Gasteiger partial charge in [0.25, 0.3) is 5.69 Å². The molecule has 0 fully saturated rings. The molecular formula is C12H13N2NaO5S. The second kappa shape index (κ2) is 10.5. The fraction of sp³-hybridized carbons (Fsp3) is 0.333. The van der Waals surface area contributed by atoms with Gasteiger partial charge < -0.3 is 27.5 Å². The average molecular weight is 320 g/mol. The molecule has 21 heavy (non-hydrogen) atoms. The summed E-state index contributed by atoms with van der Waals surface area (Å²) in [5.41, 5.74) is 0.623. The van der Waals surface area contributed by atoms with Gasteiger partial charge in [-0.1, -0.05) is 0 Å². The second-order valence-corrected chi connectivity index (χ2v) is 4.36. The van der Waals surface area contributed by atoms with Gasteiger partial charge in [0, 0.05) is 23.8 Å². The smallest absolute Gasteiger partial charge is 0.742 e. The normalized spacial score (nSPS) is 9.33. The van der Waals surface area contributed by atoms with Gasteiger partial charge in [-0.05, 0) is 30.5 Å². The number of hydrogen-bond acceptors (Lipinski definition) is 6. The molecule has 0 unspecified atom stereocenters. The Labute approximate surface area is 149 Å². The Morgan fingerprint density at radius 2 is 1.90 bits per heavy atom. The van der Waals surface area contributed by atoms with E-state index in [1.807, 2.05) is 0 Å². The van der Waals surface area contributed by atoms with Crippen molar-refractivity contribution in [3.8, 4) is 0 Å². The third kappa shape index (κ3) is 8.61. The van der Waals surface area contributed by atoms with Crippen LogP contribution >= 0.6 is 0 Å². The maximum Gasteiger partial charge on any atom is 1.00 e. The summed E-state index contributed by atoms with van der Waals surface area (Å²) in [6.07, 6.45) is 0.0904. The van der Waals surface area contributed by atoms with Gasteiger partial charge in [-0.15, -0.1) is 0 Å². The number of nitrogens with zero attached hydrogens (tertiary/aromatic N) is 1. The summed E-state index contributed by atoms with van der Waals surface area (Å²) in [5, 5.41) is 12.6. The molecule has 0 aromatic heterocycles. The molecule has 1 rings (SSSR count). The fourth-order valence-corrected chi connectivity index (χ4v) is 1.48. The monoisotopic (exact) mass is 320 g/mol. The maximum atomic E-state index is 11.3. The van der Waals surface area contributed by atoms with Gasteiger partial charge in [-0.25, -0.2) is 4.79 Å². The minimum atomic E-state index is -0.611. The van der Waals surface area contributed by atoms with Crippen LogP contribution in [0.4, 0.5) is 10.5 Å². The molecule has 0 aliphatic carbocycles. The molecule has 0 aliphatic rings. The first-order valence-electron chi connectivity index (χ1n) is 5.83. The molecule has 108 valence electrons. The largest absolute Gasteiger partial charge is 1.00 e. The Bertz CT molecular complexity index is 495. The molecule has 0 saturated carbocycles. The molecule has 0 saturated heterocycles. The molecular weight excluding hydrogens is 307 g/mol. The Morgan fingerprint density at radius 1 is 1.29 bits per heavy atom. The van der Waals surface area contributed by atoms with E-state index in [-0.39, 0.29) is 53.4 Å². The van der Waals surface area contributed by atoms with E-state index < -0.39 is 11.0 Å². The number of hydrogen-bond donors (Lipinski definition) is 1. The number of rotatable bonds is 7. The molecule has 0 atom stereocenters. The Kier molecular flexibility index (Phi) is 9.89. The van der Waals surface area contributed by atoms with Crippen molar-refractivity contribution in [3.05, 3.63) is 39.9 Å². The number of amides is 1. The van der Waals surface area contributed by atoms with Crippen LogP contribution in [0.1, 0.15) is 18.4 Å². The number of carbonyl (C=O) groups is 2. The predicted molar refractivity (Wildman–Crippen MR) is 72.9 cm³/mol. The molecule has 1 aromatic rings. The van der Waals surface area contributed by atoms with Crippen molar-refractivity contribution < 1.29 is 48.8 Å². The topological polar surface area (TPSA) is 98.5 Å². The second-order valence-electron chi connectivity index (χ2n) is 3.90. The van der Waals surface area contributed by atoms with Crippen molar-refractivity contribution >= 4 is 29.5 Å². The van der Waals surface area contributed by atoms with Crippen molar-refractivity contribution in [3.63, 3.8) is 0 Å². The number of nitrogens with one attached hydrogen (secondary N) is 1. The number of benzene rings is 1. The van der Waals surface area contributed by atoms with Gasteiger partial charge in [0.05, 0.1) is 4.92 Å². The van der Waals surface area contributed by atoms with Crippen molar-refractivity contribution in [2.75, 3.05) is 6.54 Å². The average Bonchev–Trinajstić information content (AvgIpc) is 2.41. The van der Waals surface area contributed by atoms with Gasteiger partial charge >= 0.3 is 35.7 Å². The van der Waals surface area contributed by atoms with Crippen LogP contribution < -0.4 is 34.9 Å². The Hall–Kier alpha value is -1.22. The van der Waals surface area contributed by atoms with Gasteiger partial charge in [-0.3, -0.25) is 10.1 Å². The SMILES string of the molecule is O=C([S-])CCCNC(=O)OCc1ccc([N+](=O)[O-])cc1.[Na+]. The first-order chi connectivity index (χ1) is 9.49. The molecule has 0 bridgehead atoms. The van der Waals surface area contributed by atoms with E-state index >= 15 is 0 Å². The number of non-ortho nitro benzene ring substituents is 1. The minimum absolute atomic E-state index is 0. The molecule has 0 spiro atoms. The molecule has 7 nitrogen and oxygen atoms in total. The van der Waals surface area contributed by atoms with Gasteiger partial charge in [-0.2, -0.15) is 0 Å². The molecule has 1 aromatic carbocycles. The third-order valence-electron chi connectivity index (χ3n) is 2.34. The van der Waals surface area contributed by atoms with Crippen molar-refractivity contribution in [1.29, 1.82) is 0 Å². The summed E-state index contributed by atoms with van der Waals surface area (Å²) in [5.74, 6) is 0. The quantitative estimate of drug-likeness (QED) is 0.220. The third-order valence-corrected chi connectivity index (χ3v) is 2.55. The van der Waals surface area contributed by atoms with Gasteiger partial charge in [0.15, 0.2) is 0 Å². The van der Waals surface area contributed by atoms with Crippen LogP contribution in [0.5, 0.6) is 0 Å². The van der Waals surface area contributed by atoms with Gasteiger partial charge in [0.2, 0.25) is 0 Å². The number of ether oxygens (including phenoxy) is 1. The van der Waals surface area contributed by atoms with E-state index in [4.69, 9.17) is 4.74 Å². The predicted octanol–water partition coefficient (Wildman–Crippen LogP) is -1.32. The minimum Gasteiger partial charge on any atom is -0.742 e. The summed E-state index contributed by atoms with van der Waals surface area (Å²) in [4.78, 5) is 31.7. The fourth-order valence-electron chi connectivity index (χ4n) is 1.34. The zero-order chi connectivity index (χ0) is 15.0. The van der Waals surface area contributed by atoms with Crippen LogP contribution in [-0.2, 0) is 28.8 Å². The van der Waals surface area contributed by atoms with Crippen LogP contribution in [-0.4, -0.2) is 22.7 Å². The molecule has 0 heterocycles. The van der Waals surface area contributed by atoms with Crippen LogP contribution in [0.2, 0.25) is 0 Å². The number of alkyl carbamates (subject to hydrolysis) is 1. The molecule has 1 N–H and O–H groups in total. The van der Waals surface area contributed by atoms with Crippen LogP contribution in [0.3, 0.4) is 0 Å². The molecule has 9 heteroatoms. The summed E-state index contributed by atoms with van der Waals surface area (Å²) in [6, 6.07) is 5.71. The number of nitro groups is 1. The van der Waals surface area contributed by atoms with Crippen molar-refractivity contribution in [2.24, 2.45) is 0 Å². The van der Waals surface area contributed by atoms with Crippen molar-refractivity contribution in [2.45, 2.75) is 19.4 Å². The number of carbonyl (C=O) groups excluding carboxylic acids is 2. The summed E-state index contributed by atoms with van der Waals surface area (Å²) >= 11 is 4.37. The van der Waals surface area contributed by atoms with Crippen LogP contribution in [0.15, 0.2) is 24.3 Å². The first kappa shape index (κ1) is 19.8. The molecule has 0 radical (unpaired) electrons. The van der Waals surface area contributed by atoms with E-state index in [1.54, 1.807) is 0 Å². The molecule has 1 amide bonds. The van der Waals surface area contributed by atoms with E-state index in [9.17, 15) is 19.7 Å². The van der Waals surface area contributed by atoms with E-state index in [0.29, 0.717) is 18.5 Å². The number of nitro benzene ring substituents is 1. The van der Waals surface area contributed by atoms with Crippen LogP contribution in [0.25, 0.3) is 0 Å². The summed E-state index contributed by atoms with van der Waals surface area (Å²) in [6.45, 7) is 0.325. The standard InChI is InChI=1S/C12H14N2O5S.Na/c15-11(20)2-1-7-13-12(16)19-8-9-3-5-10(6-4-9)14(17)18;/h3-6H,1-2,7-8H2,(H,13,16)(H,15,20);/q;+1/p-1. The van der Waals surface area contributed by atoms with Crippen molar-refractivity contribution in [1.82, 2.24) is 5.32 Å². The van der Waals surface area contributed by atoms with E-state index in [1.165, 1.54) is 24.3 Å². The van der Waals surface area contributed by atoms with E-state index in [2.05, 4.69) is 17.9 Å². The maximum absolute atomic E-state index is 11.3. The summed E-state index contributed by atoms with van der Waals surface area (Å²) in [7, 11) is 0. The zero-order valence-corrected chi connectivity index (χ0v) is 14.4. The Balaban J connectivity index is 0.00000400. The zero-order valence-electron chi connectivity index (χ0n) is 11.5. The van der Waals surface area contributed by atoms with E-state index in [0.717, 1.165) is 0 Å². The van der Waals surface area contributed by atoms with Gasteiger partial charge in [0.1, 0.15) is 6.61 Å². The van der Waals surface area contributed by atoms with Crippen LogP contribution in [0, 0.1) is 10.1 Å². The summed E-state index contributed by atoms with van der Waals surface area (Å²) < 4.78 is 4.90. The Morgan fingerprint density at radius 3 is 2.43 bits per heavy atom.